The highest BCUT2D eigenvalue weighted by atomic mass is 19.1. The molecule has 4 rings (SSSR count). The maximum Gasteiger partial charge on any atom is 0.230 e. The van der Waals surface area contributed by atoms with Gasteiger partial charge in [0.05, 0.1) is 0 Å². The van der Waals surface area contributed by atoms with Crippen molar-refractivity contribution in [3.63, 3.8) is 0 Å². The molecule has 1 N–H and O–H groups in total. The van der Waals surface area contributed by atoms with E-state index in [1.54, 1.807) is 12.1 Å². The standard InChI is InChI=1S/C22H23FN2O2/c23-18-8-4-15(5-9-18)2-1-3-21(26)24-19-10-11-20-17(14-19)12-13-25(20)22(27)16-6-7-16/h4-5,8-11,14,16H,1-3,6-7,12-13H2,(H,24,26). The van der Waals surface area contributed by atoms with E-state index in [0.29, 0.717) is 12.8 Å². The molecule has 1 aliphatic carbocycles. The summed E-state index contributed by atoms with van der Waals surface area (Å²) in [7, 11) is 0. The highest BCUT2D eigenvalue weighted by Crippen LogP contribution is 2.37. The summed E-state index contributed by atoms with van der Waals surface area (Å²) < 4.78 is 12.9. The second-order valence-electron chi connectivity index (χ2n) is 7.39. The fourth-order valence-electron chi connectivity index (χ4n) is 3.59. The van der Waals surface area contributed by atoms with Crippen LogP contribution >= 0.6 is 0 Å². The third-order valence-electron chi connectivity index (χ3n) is 5.23. The van der Waals surface area contributed by atoms with Gasteiger partial charge in [-0.25, -0.2) is 4.39 Å². The van der Waals surface area contributed by atoms with Crippen LogP contribution in [-0.4, -0.2) is 18.4 Å². The normalized spacial score (nSPS) is 15.5. The summed E-state index contributed by atoms with van der Waals surface area (Å²) in [6, 6.07) is 12.2. The molecule has 1 aliphatic heterocycles. The maximum atomic E-state index is 12.9. The second-order valence-corrected chi connectivity index (χ2v) is 7.39. The fraction of sp³-hybridized carbons (Fsp3) is 0.364. The van der Waals surface area contributed by atoms with Gasteiger partial charge in [0.2, 0.25) is 11.8 Å². The Labute approximate surface area is 158 Å². The number of anilines is 2. The van der Waals surface area contributed by atoms with Crippen LogP contribution in [0.3, 0.4) is 0 Å². The molecule has 5 heteroatoms. The van der Waals surface area contributed by atoms with Gasteiger partial charge < -0.3 is 10.2 Å². The molecule has 2 amide bonds. The van der Waals surface area contributed by atoms with Crippen LogP contribution in [0.1, 0.15) is 36.8 Å². The summed E-state index contributed by atoms with van der Waals surface area (Å²) in [5.41, 5.74) is 3.91. The van der Waals surface area contributed by atoms with E-state index in [-0.39, 0.29) is 23.5 Å². The number of aryl methyl sites for hydroxylation is 1. The van der Waals surface area contributed by atoms with Crippen molar-refractivity contribution in [2.75, 3.05) is 16.8 Å². The quantitative estimate of drug-likeness (QED) is 0.837. The van der Waals surface area contributed by atoms with Gasteiger partial charge >= 0.3 is 0 Å². The van der Waals surface area contributed by atoms with Crippen LogP contribution in [0.2, 0.25) is 0 Å². The Bertz CT molecular complexity index is 859. The van der Waals surface area contributed by atoms with Crippen molar-refractivity contribution in [1.29, 1.82) is 0 Å². The summed E-state index contributed by atoms with van der Waals surface area (Å²) in [6.07, 6.45) is 4.73. The van der Waals surface area contributed by atoms with E-state index in [1.807, 2.05) is 23.1 Å². The van der Waals surface area contributed by atoms with Crippen molar-refractivity contribution in [2.24, 2.45) is 5.92 Å². The Morgan fingerprint density at radius 2 is 1.89 bits per heavy atom. The van der Waals surface area contributed by atoms with Crippen LogP contribution in [0.25, 0.3) is 0 Å². The molecule has 2 aliphatic rings. The number of carbonyl (C=O) groups excluding carboxylic acids is 2. The molecule has 2 aromatic rings. The number of amides is 2. The van der Waals surface area contributed by atoms with E-state index in [2.05, 4.69) is 5.32 Å². The third kappa shape index (κ3) is 4.18. The van der Waals surface area contributed by atoms with Gasteiger partial charge in [-0.3, -0.25) is 9.59 Å². The summed E-state index contributed by atoms with van der Waals surface area (Å²) in [4.78, 5) is 26.4. The first-order valence-electron chi connectivity index (χ1n) is 9.59. The van der Waals surface area contributed by atoms with Crippen LogP contribution in [-0.2, 0) is 22.4 Å². The first-order chi connectivity index (χ1) is 13.1. The number of carbonyl (C=O) groups is 2. The van der Waals surface area contributed by atoms with Gasteiger partial charge in [0.1, 0.15) is 5.82 Å². The molecule has 4 nitrogen and oxygen atoms in total. The minimum atomic E-state index is -0.245. The predicted molar refractivity (Wildman–Crippen MR) is 103 cm³/mol. The lowest BCUT2D eigenvalue weighted by atomic mass is 10.1. The second kappa shape index (κ2) is 7.51. The zero-order valence-corrected chi connectivity index (χ0v) is 15.2. The molecule has 0 saturated heterocycles. The highest BCUT2D eigenvalue weighted by molar-refractivity contribution is 5.99. The number of halogens is 1. The molecule has 0 bridgehead atoms. The van der Waals surface area contributed by atoms with Crippen molar-refractivity contribution in [2.45, 2.75) is 38.5 Å². The van der Waals surface area contributed by atoms with Gasteiger partial charge in [-0.1, -0.05) is 12.1 Å². The molecule has 1 heterocycles. The molecule has 0 radical (unpaired) electrons. The number of benzene rings is 2. The highest BCUT2D eigenvalue weighted by Gasteiger charge is 2.36. The SMILES string of the molecule is O=C(CCCc1ccc(F)cc1)Nc1ccc2c(c1)CCN2C(=O)C1CC1. The first-order valence-corrected chi connectivity index (χ1v) is 9.59. The van der Waals surface area contributed by atoms with Crippen molar-refractivity contribution >= 4 is 23.2 Å². The summed E-state index contributed by atoms with van der Waals surface area (Å²) in [5, 5.41) is 2.94. The number of nitrogens with one attached hydrogen (secondary N) is 1. The Morgan fingerprint density at radius 1 is 1.11 bits per heavy atom. The largest absolute Gasteiger partial charge is 0.326 e. The van der Waals surface area contributed by atoms with Gasteiger partial charge in [0.15, 0.2) is 0 Å². The van der Waals surface area contributed by atoms with Gasteiger partial charge in [-0.15, -0.1) is 0 Å². The lowest BCUT2D eigenvalue weighted by molar-refractivity contribution is -0.119. The van der Waals surface area contributed by atoms with Crippen LogP contribution in [0.4, 0.5) is 15.8 Å². The van der Waals surface area contributed by atoms with Crippen LogP contribution < -0.4 is 10.2 Å². The molecule has 0 unspecified atom stereocenters. The zero-order valence-electron chi connectivity index (χ0n) is 15.2. The third-order valence-corrected chi connectivity index (χ3v) is 5.23. The Hall–Kier alpha value is -2.69. The number of hydrogen-bond donors (Lipinski definition) is 1. The Balaban J connectivity index is 1.30. The molecular formula is C22H23FN2O2. The van der Waals surface area contributed by atoms with Crippen molar-refractivity contribution in [3.05, 3.63) is 59.4 Å². The molecule has 27 heavy (non-hydrogen) atoms. The smallest absolute Gasteiger partial charge is 0.230 e. The van der Waals surface area contributed by atoms with Crippen molar-refractivity contribution in [1.82, 2.24) is 0 Å². The zero-order chi connectivity index (χ0) is 18.8. The summed E-state index contributed by atoms with van der Waals surface area (Å²) in [5.74, 6) is 0.189. The number of fused-ring (bicyclic) bond motifs is 1. The molecular weight excluding hydrogens is 343 g/mol. The van der Waals surface area contributed by atoms with E-state index in [1.165, 1.54) is 12.1 Å². The first kappa shape index (κ1) is 17.7. The lowest BCUT2D eigenvalue weighted by Gasteiger charge is -2.17. The average Bonchev–Trinajstić information content (AvgIpc) is 3.42. The van der Waals surface area contributed by atoms with E-state index in [9.17, 15) is 14.0 Å². The molecule has 0 atom stereocenters. The Kier molecular flexibility index (Phi) is 4.92. The molecule has 2 aromatic carbocycles. The van der Waals surface area contributed by atoms with Crippen LogP contribution in [0.15, 0.2) is 42.5 Å². The fourth-order valence-corrected chi connectivity index (χ4v) is 3.59. The molecule has 0 aromatic heterocycles. The van der Waals surface area contributed by atoms with E-state index >= 15 is 0 Å². The molecule has 0 spiro atoms. The number of nitrogens with zero attached hydrogens (tertiary/aromatic N) is 1. The number of hydrogen-bond acceptors (Lipinski definition) is 2. The topological polar surface area (TPSA) is 49.4 Å². The molecule has 1 saturated carbocycles. The minimum Gasteiger partial charge on any atom is -0.326 e. The van der Waals surface area contributed by atoms with Gasteiger partial charge in [-0.2, -0.15) is 0 Å². The summed E-state index contributed by atoms with van der Waals surface area (Å²) >= 11 is 0. The van der Waals surface area contributed by atoms with Crippen molar-refractivity contribution in [3.8, 4) is 0 Å². The van der Waals surface area contributed by atoms with Gasteiger partial charge in [-0.05, 0) is 73.6 Å². The van der Waals surface area contributed by atoms with E-state index in [0.717, 1.165) is 54.7 Å². The minimum absolute atomic E-state index is 0.0269. The van der Waals surface area contributed by atoms with Crippen LogP contribution in [0.5, 0.6) is 0 Å². The van der Waals surface area contributed by atoms with Crippen LogP contribution in [0, 0.1) is 11.7 Å². The number of rotatable bonds is 6. The maximum absolute atomic E-state index is 12.9. The Morgan fingerprint density at radius 3 is 2.63 bits per heavy atom. The average molecular weight is 366 g/mol. The monoisotopic (exact) mass is 366 g/mol. The van der Waals surface area contributed by atoms with Crippen molar-refractivity contribution < 1.29 is 14.0 Å². The predicted octanol–water partition coefficient (Wildman–Crippen LogP) is 4.09. The molecule has 1 fully saturated rings. The van der Waals surface area contributed by atoms with Gasteiger partial charge in [0, 0.05) is 30.3 Å². The van der Waals surface area contributed by atoms with E-state index in [4.69, 9.17) is 0 Å². The lowest BCUT2D eigenvalue weighted by Crippen LogP contribution is -2.30. The summed E-state index contributed by atoms with van der Waals surface area (Å²) in [6.45, 7) is 0.736. The van der Waals surface area contributed by atoms with E-state index < -0.39 is 0 Å². The molecule has 140 valence electrons. The van der Waals surface area contributed by atoms with Gasteiger partial charge in [0.25, 0.3) is 0 Å².